The van der Waals surface area contributed by atoms with Gasteiger partial charge in [0.2, 0.25) is 5.91 Å². The van der Waals surface area contributed by atoms with Crippen molar-refractivity contribution < 1.29 is 9.32 Å². The molecule has 3 aromatic heterocycles. The zero-order chi connectivity index (χ0) is 20.4. The standard InChI is InChI=1S/C21H26N6O2/c1-14-12-19(29-25-14)18-13-22-16(3)24-21(18)17-5-9-26(10-6-17)20(28)7-11-27-15(2)4-8-23-27/h4,8,12-13,17H,5-7,9-11H2,1-3H3. The predicted octanol–water partition coefficient (Wildman–Crippen LogP) is 3.05. The first kappa shape index (κ1) is 19.3. The van der Waals surface area contributed by atoms with Crippen LogP contribution < -0.4 is 0 Å². The molecule has 0 bridgehead atoms. The van der Waals surface area contributed by atoms with Gasteiger partial charge in [-0.25, -0.2) is 9.97 Å². The highest BCUT2D eigenvalue weighted by molar-refractivity contribution is 5.76. The van der Waals surface area contributed by atoms with Crippen molar-refractivity contribution in [2.75, 3.05) is 13.1 Å². The number of nitrogens with zero attached hydrogens (tertiary/aromatic N) is 6. The molecular formula is C21H26N6O2. The maximum absolute atomic E-state index is 12.6. The molecule has 0 unspecified atom stereocenters. The van der Waals surface area contributed by atoms with E-state index < -0.39 is 0 Å². The third-order valence-electron chi connectivity index (χ3n) is 5.53. The van der Waals surface area contributed by atoms with E-state index in [9.17, 15) is 4.79 Å². The molecule has 1 aliphatic heterocycles. The average Bonchev–Trinajstić information content (AvgIpc) is 3.34. The van der Waals surface area contributed by atoms with Gasteiger partial charge < -0.3 is 9.42 Å². The lowest BCUT2D eigenvalue weighted by Crippen LogP contribution is -2.38. The van der Waals surface area contributed by atoms with Crippen LogP contribution in [0.5, 0.6) is 0 Å². The summed E-state index contributed by atoms with van der Waals surface area (Å²) in [5.74, 6) is 1.90. The molecule has 152 valence electrons. The molecule has 0 saturated carbocycles. The van der Waals surface area contributed by atoms with E-state index in [0.717, 1.165) is 54.4 Å². The Hall–Kier alpha value is -3.03. The Morgan fingerprint density at radius 1 is 1.24 bits per heavy atom. The summed E-state index contributed by atoms with van der Waals surface area (Å²) in [5.41, 5.74) is 3.80. The fraction of sp³-hybridized carbons (Fsp3) is 0.476. The SMILES string of the molecule is Cc1cc(-c2cnc(C)nc2C2CCN(C(=O)CCn3nccc3C)CC2)on1. The van der Waals surface area contributed by atoms with Gasteiger partial charge in [-0.2, -0.15) is 5.10 Å². The molecule has 3 aromatic rings. The number of carbonyl (C=O) groups excluding carboxylic acids is 1. The van der Waals surface area contributed by atoms with Crippen LogP contribution in [0.2, 0.25) is 0 Å². The maximum atomic E-state index is 12.6. The van der Waals surface area contributed by atoms with Gasteiger partial charge in [-0.15, -0.1) is 0 Å². The fourth-order valence-corrected chi connectivity index (χ4v) is 3.87. The van der Waals surface area contributed by atoms with E-state index in [2.05, 4.69) is 15.2 Å². The number of aryl methyl sites for hydroxylation is 4. The van der Waals surface area contributed by atoms with Crippen molar-refractivity contribution in [2.45, 2.75) is 52.5 Å². The van der Waals surface area contributed by atoms with Gasteiger partial charge in [0.05, 0.1) is 17.0 Å². The highest BCUT2D eigenvalue weighted by atomic mass is 16.5. The van der Waals surface area contributed by atoms with Crippen molar-refractivity contribution in [1.29, 1.82) is 0 Å². The Morgan fingerprint density at radius 2 is 2.03 bits per heavy atom. The van der Waals surface area contributed by atoms with Crippen molar-refractivity contribution in [3.8, 4) is 11.3 Å². The molecule has 1 amide bonds. The van der Waals surface area contributed by atoms with Crippen molar-refractivity contribution in [1.82, 2.24) is 29.8 Å². The Kier molecular flexibility index (Phi) is 5.42. The number of amides is 1. The lowest BCUT2D eigenvalue weighted by Gasteiger charge is -2.32. The van der Waals surface area contributed by atoms with Crippen LogP contribution in [0, 0.1) is 20.8 Å². The highest BCUT2D eigenvalue weighted by Gasteiger charge is 2.27. The first-order valence-electron chi connectivity index (χ1n) is 10.0. The topological polar surface area (TPSA) is 89.9 Å². The molecule has 1 aliphatic rings. The lowest BCUT2D eigenvalue weighted by molar-refractivity contribution is -0.132. The molecule has 0 aliphatic carbocycles. The number of carbonyl (C=O) groups is 1. The first-order chi connectivity index (χ1) is 14.0. The summed E-state index contributed by atoms with van der Waals surface area (Å²) in [7, 11) is 0. The van der Waals surface area contributed by atoms with Crippen LogP contribution >= 0.6 is 0 Å². The molecule has 8 heteroatoms. The van der Waals surface area contributed by atoms with E-state index >= 15 is 0 Å². The van der Waals surface area contributed by atoms with Gasteiger partial charge in [0.15, 0.2) is 5.76 Å². The number of hydrogen-bond donors (Lipinski definition) is 0. The maximum Gasteiger partial charge on any atom is 0.224 e. The van der Waals surface area contributed by atoms with Crippen LogP contribution in [0.3, 0.4) is 0 Å². The Bertz CT molecular complexity index is 1000. The van der Waals surface area contributed by atoms with Gasteiger partial charge in [0, 0.05) is 56.1 Å². The van der Waals surface area contributed by atoms with E-state index in [1.807, 2.05) is 48.7 Å². The van der Waals surface area contributed by atoms with Gasteiger partial charge in [-0.3, -0.25) is 9.48 Å². The second-order valence-corrected chi connectivity index (χ2v) is 7.65. The molecule has 0 N–H and O–H groups in total. The second-order valence-electron chi connectivity index (χ2n) is 7.65. The van der Waals surface area contributed by atoms with Crippen molar-refractivity contribution in [3.63, 3.8) is 0 Å². The molecule has 4 heterocycles. The lowest BCUT2D eigenvalue weighted by atomic mass is 9.90. The van der Waals surface area contributed by atoms with Gasteiger partial charge in [-0.1, -0.05) is 5.16 Å². The Balaban J connectivity index is 1.41. The van der Waals surface area contributed by atoms with Crippen molar-refractivity contribution >= 4 is 5.91 Å². The highest BCUT2D eigenvalue weighted by Crippen LogP contribution is 2.34. The van der Waals surface area contributed by atoms with Crippen molar-refractivity contribution in [3.05, 3.63) is 47.4 Å². The molecule has 0 aromatic carbocycles. The summed E-state index contributed by atoms with van der Waals surface area (Å²) in [4.78, 5) is 23.7. The zero-order valence-electron chi connectivity index (χ0n) is 17.1. The van der Waals surface area contributed by atoms with Gasteiger partial charge in [-0.05, 0) is 39.7 Å². The molecule has 8 nitrogen and oxygen atoms in total. The molecule has 0 spiro atoms. The Morgan fingerprint density at radius 3 is 2.69 bits per heavy atom. The van der Waals surface area contributed by atoms with E-state index in [1.165, 1.54) is 0 Å². The third kappa shape index (κ3) is 4.21. The molecule has 4 rings (SSSR count). The minimum Gasteiger partial charge on any atom is -0.356 e. The van der Waals surface area contributed by atoms with E-state index in [4.69, 9.17) is 9.51 Å². The van der Waals surface area contributed by atoms with E-state index in [-0.39, 0.29) is 11.8 Å². The predicted molar refractivity (Wildman–Crippen MR) is 107 cm³/mol. The normalized spacial score (nSPS) is 15.1. The minimum absolute atomic E-state index is 0.184. The molecule has 0 radical (unpaired) electrons. The molecule has 29 heavy (non-hydrogen) atoms. The summed E-state index contributed by atoms with van der Waals surface area (Å²) in [6.07, 6.45) is 5.82. The largest absolute Gasteiger partial charge is 0.356 e. The summed E-state index contributed by atoms with van der Waals surface area (Å²) < 4.78 is 7.33. The zero-order valence-corrected chi connectivity index (χ0v) is 17.1. The quantitative estimate of drug-likeness (QED) is 0.661. The first-order valence-corrected chi connectivity index (χ1v) is 10.0. The van der Waals surface area contributed by atoms with Crippen LogP contribution in [-0.4, -0.2) is 48.8 Å². The Labute approximate surface area is 169 Å². The van der Waals surface area contributed by atoms with Gasteiger partial charge in [0.25, 0.3) is 0 Å². The van der Waals surface area contributed by atoms with Crippen LogP contribution in [0.25, 0.3) is 11.3 Å². The smallest absolute Gasteiger partial charge is 0.224 e. The summed E-state index contributed by atoms with van der Waals surface area (Å²) in [6.45, 7) is 7.89. The van der Waals surface area contributed by atoms with Crippen LogP contribution in [0.4, 0.5) is 0 Å². The molecule has 1 saturated heterocycles. The fourth-order valence-electron chi connectivity index (χ4n) is 3.87. The van der Waals surface area contributed by atoms with E-state index in [1.54, 1.807) is 6.20 Å². The molecular weight excluding hydrogens is 368 g/mol. The van der Waals surface area contributed by atoms with Crippen LogP contribution in [-0.2, 0) is 11.3 Å². The summed E-state index contributed by atoms with van der Waals surface area (Å²) >= 11 is 0. The molecule has 0 atom stereocenters. The van der Waals surface area contributed by atoms with Crippen LogP contribution in [0.15, 0.2) is 29.0 Å². The number of rotatable bonds is 5. The van der Waals surface area contributed by atoms with Gasteiger partial charge >= 0.3 is 0 Å². The second kappa shape index (κ2) is 8.14. The number of piperidine rings is 1. The number of likely N-dealkylation sites (tertiary alicyclic amines) is 1. The molecule has 1 fully saturated rings. The van der Waals surface area contributed by atoms with E-state index in [0.29, 0.717) is 18.7 Å². The number of hydrogen-bond acceptors (Lipinski definition) is 6. The minimum atomic E-state index is 0.184. The average molecular weight is 394 g/mol. The monoisotopic (exact) mass is 394 g/mol. The summed E-state index contributed by atoms with van der Waals surface area (Å²) in [6, 6.07) is 3.86. The third-order valence-corrected chi connectivity index (χ3v) is 5.53. The van der Waals surface area contributed by atoms with Crippen molar-refractivity contribution in [2.24, 2.45) is 0 Å². The summed E-state index contributed by atoms with van der Waals surface area (Å²) in [5, 5.41) is 8.24. The number of aromatic nitrogens is 5. The van der Waals surface area contributed by atoms with Crippen LogP contribution in [0.1, 0.15) is 48.1 Å². The van der Waals surface area contributed by atoms with Gasteiger partial charge in [0.1, 0.15) is 5.82 Å².